The normalized spacial score (nSPS) is 10.7. The van der Waals surface area contributed by atoms with E-state index in [0.29, 0.717) is 23.2 Å². The fraction of sp³-hybridized carbons (Fsp3) is 0.190. The number of carbonyl (C=O) groups is 1. The molecule has 0 aliphatic carbocycles. The molecule has 3 rings (SSSR count). The summed E-state index contributed by atoms with van der Waals surface area (Å²) in [5.41, 5.74) is 6.30. The number of hydrogen-bond acceptors (Lipinski definition) is 7. The lowest BCUT2D eigenvalue weighted by Gasteiger charge is -2.11. The van der Waals surface area contributed by atoms with E-state index >= 15 is 0 Å². The molecule has 2 N–H and O–H groups in total. The molecule has 1 heterocycles. The highest BCUT2D eigenvalue weighted by atomic mass is 32.1. The van der Waals surface area contributed by atoms with Gasteiger partial charge in [-0.1, -0.05) is 18.2 Å². The van der Waals surface area contributed by atoms with Crippen LogP contribution in [-0.4, -0.2) is 30.8 Å². The number of rotatable bonds is 8. The zero-order valence-corrected chi connectivity index (χ0v) is 17.2. The minimum Gasteiger partial charge on any atom is -0.493 e. The molecule has 0 saturated carbocycles. The molecular weight excluding hydrogens is 388 g/mol. The molecule has 0 bridgehead atoms. The van der Waals surface area contributed by atoms with Gasteiger partial charge in [0.15, 0.2) is 11.5 Å². The monoisotopic (exact) mass is 410 g/mol. The number of anilines is 2. The number of nitrogens with zero attached hydrogens (tertiary/aromatic N) is 2. The standard InChI is InChI=1S/C21H22N4O3S/c1-4-28-20-16(6-5-7-19(20)27-3)12-22-25-21-24-18(13-29-21)15-8-10-17(11-9-15)23-14(2)26/h5-13H,4H2,1-3H3,(H,23,26)(H,24,25)/b22-12-. The zero-order chi connectivity index (χ0) is 20.6. The van der Waals surface area contributed by atoms with Gasteiger partial charge < -0.3 is 14.8 Å². The molecule has 0 spiro atoms. The van der Waals surface area contributed by atoms with E-state index in [0.717, 1.165) is 22.5 Å². The summed E-state index contributed by atoms with van der Waals surface area (Å²) >= 11 is 1.45. The third-order valence-electron chi connectivity index (χ3n) is 3.89. The second-order valence-corrected chi connectivity index (χ2v) is 6.84. The molecule has 29 heavy (non-hydrogen) atoms. The Morgan fingerprint density at radius 1 is 1.24 bits per heavy atom. The maximum Gasteiger partial charge on any atom is 0.221 e. The van der Waals surface area contributed by atoms with Gasteiger partial charge in [-0.05, 0) is 31.2 Å². The summed E-state index contributed by atoms with van der Waals surface area (Å²) in [7, 11) is 1.61. The Balaban J connectivity index is 1.69. The van der Waals surface area contributed by atoms with Gasteiger partial charge in [0.25, 0.3) is 0 Å². The number of hydrogen-bond donors (Lipinski definition) is 2. The fourth-order valence-electron chi connectivity index (χ4n) is 2.64. The third kappa shape index (κ3) is 5.32. The quantitative estimate of drug-likeness (QED) is 0.418. The number of amides is 1. The Bertz CT molecular complexity index is 999. The van der Waals surface area contributed by atoms with E-state index in [9.17, 15) is 4.79 Å². The van der Waals surface area contributed by atoms with Crippen molar-refractivity contribution >= 4 is 34.3 Å². The summed E-state index contributed by atoms with van der Waals surface area (Å²) in [4.78, 5) is 15.7. The van der Waals surface area contributed by atoms with E-state index in [1.807, 2.05) is 54.8 Å². The number of nitrogens with one attached hydrogen (secondary N) is 2. The van der Waals surface area contributed by atoms with Crippen molar-refractivity contribution in [2.45, 2.75) is 13.8 Å². The van der Waals surface area contributed by atoms with Crippen molar-refractivity contribution in [2.75, 3.05) is 24.5 Å². The number of para-hydroxylation sites is 1. The fourth-order valence-corrected chi connectivity index (χ4v) is 3.30. The van der Waals surface area contributed by atoms with Crippen LogP contribution in [0.3, 0.4) is 0 Å². The highest BCUT2D eigenvalue weighted by Gasteiger charge is 2.09. The molecule has 1 aromatic heterocycles. The maximum absolute atomic E-state index is 11.1. The van der Waals surface area contributed by atoms with Crippen molar-refractivity contribution < 1.29 is 14.3 Å². The van der Waals surface area contributed by atoms with Crippen molar-refractivity contribution in [1.82, 2.24) is 4.98 Å². The van der Waals surface area contributed by atoms with Crippen molar-refractivity contribution in [2.24, 2.45) is 5.10 Å². The molecule has 0 aliphatic rings. The Morgan fingerprint density at radius 3 is 2.72 bits per heavy atom. The molecule has 8 heteroatoms. The van der Waals surface area contributed by atoms with Crippen LogP contribution in [0.5, 0.6) is 11.5 Å². The second kappa shape index (κ2) is 9.70. The molecule has 3 aromatic rings. The molecule has 1 amide bonds. The van der Waals surface area contributed by atoms with E-state index in [1.54, 1.807) is 13.3 Å². The molecule has 0 aliphatic heterocycles. The van der Waals surface area contributed by atoms with Gasteiger partial charge in [-0.25, -0.2) is 4.98 Å². The SMILES string of the molecule is CCOc1c(/C=N\Nc2nc(-c3ccc(NC(C)=O)cc3)cs2)cccc1OC. The van der Waals surface area contributed by atoms with Crippen LogP contribution in [0.1, 0.15) is 19.4 Å². The first-order chi connectivity index (χ1) is 14.1. The van der Waals surface area contributed by atoms with E-state index in [2.05, 4.69) is 20.8 Å². The molecule has 0 saturated heterocycles. The molecule has 150 valence electrons. The van der Waals surface area contributed by atoms with E-state index in [-0.39, 0.29) is 5.91 Å². The minimum atomic E-state index is -0.0979. The Hall–Kier alpha value is -3.39. The highest BCUT2D eigenvalue weighted by molar-refractivity contribution is 7.14. The first-order valence-corrected chi connectivity index (χ1v) is 9.91. The van der Waals surface area contributed by atoms with Gasteiger partial charge in [0.1, 0.15) is 0 Å². The summed E-state index contributed by atoms with van der Waals surface area (Å²) in [6.07, 6.45) is 1.68. The van der Waals surface area contributed by atoms with Gasteiger partial charge in [0, 0.05) is 29.1 Å². The number of hydrazone groups is 1. The van der Waals surface area contributed by atoms with Crippen LogP contribution in [-0.2, 0) is 4.79 Å². The number of ether oxygens (including phenoxy) is 2. The largest absolute Gasteiger partial charge is 0.493 e. The Labute approximate surface area is 173 Å². The van der Waals surface area contributed by atoms with Crippen LogP contribution >= 0.6 is 11.3 Å². The van der Waals surface area contributed by atoms with Crippen LogP contribution in [0.4, 0.5) is 10.8 Å². The van der Waals surface area contributed by atoms with Gasteiger partial charge in [-0.15, -0.1) is 11.3 Å². The van der Waals surface area contributed by atoms with E-state index in [1.165, 1.54) is 18.3 Å². The van der Waals surface area contributed by atoms with Gasteiger partial charge in [0.2, 0.25) is 11.0 Å². The lowest BCUT2D eigenvalue weighted by molar-refractivity contribution is -0.114. The van der Waals surface area contributed by atoms with Crippen molar-refractivity contribution in [3.8, 4) is 22.8 Å². The molecule has 0 radical (unpaired) electrons. The number of benzene rings is 2. The van der Waals surface area contributed by atoms with Gasteiger partial charge in [0.05, 0.1) is 25.6 Å². The number of carbonyl (C=O) groups excluding carboxylic acids is 1. The van der Waals surface area contributed by atoms with Gasteiger partial charge in [-0.2, -0.15) is 5.10 Å². The number of methoxy groups -OCH3 is 1. The zero-order valence-electron chi connectivity index (χ0n) is 16.4. The van der Waals surface area contributed by atoms with Crippen molar-refractivity contribution in [1.29, 1.82) is 0 Å². The van der Waals surface area contributed by atoms with Crippen molar-refractivity contribution in [3.63, 3.8) is 0 Å². The predicted molar refractivity (Wildman–Crippen MR) is 117 cm³/mol. The van der Waals surface area contributed by atoms with E-state index in [4.69, 9.17) is 9.47 Å². The smallest absolute Gasteiger partial charge is 0.221 e. The summed E-state index contributed by atoms with van der Waals surface area (Å²) in [6.45, 7) is 3.94. The molecule has 0 atom stereocenters. The van der Waals surface area contributed by atoms with Crippen LogP contribution in [0.15, 0.2) is 52.9 Å². The predicted octanol–water partition coefficient (Wildman–Crippen LogP) is 4.62. The number of aromatic nitrogens is 1. The van der Waals surface area contributed by atoms with Crippen LogP contribution in [0.2, 0.25) is 0 Å². The minimum absolute atomic E-state index is 0.0979. The van der Waals surface area contributed by atoms with Crippen LogP contribution < -0.4 is 20.2 Å². The van der Waals surface area contributed by atoms with E-state index < -0.39 is 0 Å². The molecule has 2 aromatic carbocycles. The van der Waals surface area contributed by atoms with Gasteiger partial charge >= 0.3 is 0 Å². The Kier molecular flexibility index (Phi) is 6.80. The Morgan fingerprint density at radius 2 is 2.03 bits per heavy atom. The van der Waals surface area contributed by atoms with Crippen molar-refractivity contribution in [3.05, 3.63) is 53.4 Å². The van der Waals surface area contributed by atoms with Gasteiger partial charge in [-0.3, -0.25) is 10.2 Å². The second-order valence-electron chi connectivity index (χ2n) is 5.98. The topological polar surface area (TPSA) is 84.8 Å². The molecular formula is C21H22N4O3S. The van der Waals surface area contributed by atoms with Crippen LogP contribution in [0, 0.1) is 0 Å². The first kappa shape index (κ1) is 20.3. The third-order valence-corrected chi connectivity index (χ3v) is 4.63. The number of thiazole rings is 1. The lowest BCUT2D eigenvalue weighted by Crippen LogP contribution is -2.05. The average Bonchev–Trinajstić information content (AvgIpc) is 3.18. The summed E-state index contributed by atoms with van der Waals surface area (Å²) in [6, 6.07) is 13.2. The molecule has 0 fully saturated rings. The lowest BCUT2D eigenvalue weighted by atomic mass is 10.1. The maximum atomic E-state index is 11.1. The average molecular weight is 410 g/mol. The molecule has 0 unspecified atom stereocenters. The van der Waals surface area contributed by atoms with Crippen LogP contribution in [0.25, 0.3) is 11.3 Å². The summed E-state index contributed by atoms with van der Waals surface area (Å²) in [5.74, 6) is 1.22. The highest BCUT2D eigenvalue weighted by Crippen LogP contribution is 2.30. The summed E-state index contributed by atoms with van der Waals surface area (Å²) in [5, 5.41) is 9.64. The first-order valence-electron chi connectivity index (χ1n) is 9.03. The summed E-state index contributed by atoms with van der Waals surface area (Å²) < 4.78 is 11.0. The molecule has 7 nitrogen and oxygen atoms in total.